The molecule has 0 aromatic heterocycles. The Morgan fingerprint density at radius 2 is 1.95 bits per heavy atom. The molecule has 7 nitrogen and oxygen atoms in total. The molecule has 0 aromatic carbocycles. The van der Waals surface area contributed by atoms with Gasteiger partial charge in [-0.15, -0.1) is 0 Å². The van der Waals surface area contributed by atoms with Crippen molar-refractivity contribution in [2.75, 3.05) is 26.9 Å². The summed E-state index contributed by atoms with van der Waals surface area (Å²) in [5, 5.41) is 0. The molecule has 0 radical (unpaired) electrons. The van der Waals surface area contributed by atoms with Crippen molar-refractivity contribution in [3.05, 3.63) is 0 Å². The van der Waals surface area contributed by atoms with Gasteiger partial charge < -0.3 is 14.2 Å². The van der Waals surface area contributed by atoms with Gasteiger partial charge in [-0.2, -0.15) is 0 Å². The average molecular weight is 276 g/mol. The number of esters is 1. The van der Waals surface area contributed by atoms with Crippen molar-refractivity contribution in [1.29, 1.82) is 0 Å². The predicted octanol–water partition coefficient (Wildman–Crippen LogP) is 0.350. The second-order valence-corrected chi connectivity index (χ2v) is 4.12. The van der Waals surface area contributed by atoms with E-state index < -0.39 is 17.7 Å². The van der Waals surface area contributed by atoms with E-state index in [4.69, 9.17) is 14.2 Å². The molecule has 0 heterocycles. The highest BCUT2D eigenvalue weighted by Gasteiger charge is 2.38. The van der Waals surface area contributed by atoms with E-state index in [9.17, 15) is 9.59 Å². The third kappa shape index (κ3) is 7.76. The summed E-state index contributed by atoms with van der Waals surface area (Å²) in [4.78, 5) is 23.0. The van der Waals surface area contributed by atoms with Crippen molar-refractivity contribution in [3.8, 4) is 0 Å². The second-order valence-electron chi connectivity index (χ2n) is 4.12. The lowest BCUT2D eigenvalue weighted by Gasteiger charge is -2.27. The molecular weight excluding hydrogens is 252 g/mol. The van der Waals surface area contributed by atoms with Gasteiger partial charge >= 0.3 is 11.9 Å². The van der Waals surface area contributed by atoms with Crippen LogP contribution >= 0.6 is 0 Å². The molecule has 1 amide bonds. The monoisotopic (exact) mass is 276 g/mol. The van der Waals surface area contributed by atoms with Crippen LogP contribution in [0.1, 0.15) is 33.6 Å². The van der Waals surface area contributed by atoms with Crippen LogP contribution in [0.3, 0.4) is 0 Å². The Bertz CT molecular complexity index is 285. The molecule has 0 aliphatic rings. The van der Waals surface area contributed by atoms with Gasteiger partial charge in [0.2, 0.25) is 0 Å². The van der Waals surface area contributed by atoms with Crippen LogP contribution in [0.15, 0.2) is 0 Å². The fourth-order valence-corrected chi connectivity index (χ4v) is 1.26. The van der Waals surface area contributed by atoms with Gasteiger partial charge in [0.15, 0.2) is 0 Å². The first kappa shape index (κ1) is 17.8. The topological polar surface area (TPSA) is 85.9 Å². The Balaban J connectivity index is 4.36. The summed E-state index contributed by atoms with van der Waals surface area (Å²) in [7, 11) is 1.51. The van der Waals surface area contributed by atoms with Crippen molar-refractivity contribution in [2.45, 2.75) is 39.4 Å². The van der Waals surface area contributed by atoms with Crippen molar-refractivity contribution < 1.29 is 23.8 Å². The number of amides is 1. The summed E-state index contributed by atoms with van der Waals surface area (Å²) in [5.41, 5.74) is 5.21. The molecule has 0 rings (SSSR count). The molecule has 0 bridgehead atoms. The van der Waals surface area contributed by atoms with Crippen molar-refractivity contribution in [1.82, 2.24) is 10.9 Å². The van der Waals surface area contributed by atoms with E-state index in [1.54, 1.807) is 0 Å². The molecule has 0 spiro atoms. The van der Waals surface area contributed by atoms with E-state index in [2.05, 4.69) is 10.9 Å². The number of ether oxygens (including phenoxy) is 3. The van der Waals surface area contributed by atoms with E-state index in [1.165, 1.54) is 21.0 Å². The number of unbranched alkanes of at least 4 members (excludes halogenated alkanes) is 1. The van der Waals surface area contributed by atoms with Gasteiger partial charge in [0, 0.05) is 27.5 Å². The van der Waals surface area contributed by atoms with E-state index >= 15 is 0 Å². The lowest BCUT2D eigenvalue weighted by molar-refractivity contribution is -0.223. The molecule has 0 aliphatic heterocycles. The van der Waals surface area contributed by atoms with Crippen LogP contribution in [-0.2, 0) is 23.8 Å². The highest BCUT2D eigenvalue weighted by Crippen LogP contribution is 2.13. The predicted molar refractivity (Wildman–Crippen MR) is 69.1 cm³/mol. The van der Waals surface area contributed by atoms with E-state index in [0.717, 1.165) is 12.8 Å². The maximum Gasteiger partial charge on any atom is 0.306 e. The van der Waals surface area contributed by atoms with Crippen LogP contribution in [-0.4, -0.2) is 44.5 Å². The number of carbonyl (C=O) groups is 2. The summed E-state index contributed by atoms with van der Waals surface area (Å²) < 4.78 is 15.0. The number of hydrazine groups is 1. The van der Waals surface area contributed by atoms with Crippen LogP contribution in [0, 0.1) is 0 Å². The molecule has 0 aliphatic carbocycles. The second kappa shape index (κ2) is 9.71. The summed E-state index contributed by atoms with van der Waals surface area (Å²) >= 11 is 0. The Labute approximate surface area is 113 Å². The smallest absolute Gasteiger partial charge is 0.306 e. The van der Waals surface area contributed by atoms with Crippen LogP contribution in [0.25, 0.3) is 0 Å². The fraction of sp³-hybridized carbons (Fsp3) is 0.833. The number of hydrogen-bond acceptors (Lipinski definition) is 6. The van der Waals surface area contributed by atoms with Crippen molar-refractivity contribution >= 4 is 11.9 Å². The van der Waals surface area contributed by atoms with Gasteiger partial charge in [0.1, 0.15) is 0 Å². The number of carbonyl (C=O) groups excluding carboxylic acids is 2. The van der Waals surface area contributed by atoms with E-state index in [1.807, 2.05) is 6.92 Å². The van der Waals surface area contributed by atoms with Gasteiger partial charge in [-0.05, 0) is 6.42 Å². The number of nitrogens with one attached hydrogen (secondary N) is 2. The largest absolute Gasteiger partial charge is 0.424 e. The molecule has 0 saturated carbocycles. The van der Waals surface area contributed by atoms with E-state index in [-0.39, 0.29) is 6.61 Å². The van der Waals surface area contributed by atoms with Crippen LogP contribution < -0.4 is 10.9 Å². The van der Waals surface area contributed by atoms with Crippen molar-refractivity contribution in [3.63, 3.8) is 0 Å². The molecule has 112 valence electrons. The molecule has 19 heavy (non-hydrogen) atoms. The van der Waals surface area contributed by atoms with Crippen LogP contribution in [0.4, 0.5) is 0 Å². The molecule has 0 fully saturated rings. The zero-order valence-corrected chi connectivity index (χ0v) is 12.1. The normalized spacial score (nSPS) is 13.7. The Kier molecular flexibility index (Phi) is 9.11. The van der Waals surface area contributed by atoms with Gasteiger partial charge in [0.05, 0.1) is 13.2 Å². The number of rotatable bonds is 10. The average Bonchev–Trinajstić information content (AvgIpc) is 2.33. The van der Waals surface area contributed by atoms with Crippen LogP contribution in [0.2, 0.25) is 0 Å². The minimum atomic E-state index is -1.66. The molecule has 1 unspecified atom stereocenters. The Morgan fingerprint density at radius 3 is 2.47 bits per heavy atom. The number of methoxy groups -OCH3 is 1. The lowest BCUT2D eigenvalue weighted by Crippen LogP contribution is -2.54. The van der Waals surface area contributed by atoms with Gasteiger partial charge in [0.25, 0.3) is 5.79 Å². The maximum atomic E-state index is 11.9. The van der Waals surface area contributed by atoms with Crippen molar-refractivity contribution in [2.24, 2.45) is 0 Å². The first-order valence-corrected chi connectivity index (χ1v) is 6.32. The minimum Gasteiger partial charge on any atom is -0.424 e. The molecule has 1 atom stereocenters. The third-order valence-electron chi connectivity index (χ3n) is 2.27. The molecule has 0 aromatic rings. The summed E-state index contributed by atoms with van der Waals surface area (Å²) in [6, 6.07) is 0. The Morgan fingerprint density at radius 1 is 1.26 bits per heavy atom. The minimum absolute atomic E-state index is 0.142. The van der Waals surface area contributed by atoms with Crippen LogP contribution in [0.5, 0.6) is 0 Å². The van der Waals surface area contributed by atoms with Gasteiger partial charge in [-0.1, -0.05) is 13.3 Å². The summed E-state index contributed by atoms with van der Waals surface area (Å²) in [6.45, 7) is 5.73. The fourth-order valence-electron chi connectivity index (χ4n) is 1.26. The molecule has 0 saturated heterocycles. The summed E-state index contributed by atoms with van der Waals surface area (Å²) in [5.74, 6) is -2.82. The zero-order chi connectivity index (χ0) is 14.7. The first-order valence-electron chi connectivity index (χ1n) is 6.32. The van der Waals surface area contributed by atoms with E-state index in [0.29, 0.717) is 13.2 Å². The molecular formula is C12H24N2O5. The maximum absolute atomic E-state index is 11.9. The summed E-state index contributed by atoms with van der Waals surface area (Å²) in [6.07, 6.45) is 1.93. The quantitative estimate of drug-likeness (QED) is 0.259. The van der Waals surface area contributed by atoms with Gasteiger partial charge in [-0.25, -0.2) is 5.43 Å². The first-order chi connectivity index (χ1) is 8.96. The highest BCUT2D eigenvalue weighted by molar-refractivity contribution is 5.85. The number of hydrogen-bond donors (Lipinski definition) is 2. The Hall–Kier alpha value is -1.18. The zero-order valence-electron chi connectivity index (χ0n) is 12.1. The standard InChI is InChI=1S/C12H24N2O5/c1-5-6-7-13-14-11(16)12(3,19-10(2)15)18-9-8-17-4/h13H,5-9H2,1-4H3,(H,14,16). The highest BCUT2D eigenvalue weighted by atomic mass is 16.7. The van der Waals surface area contributed by atoms with Gasteiger partial charge in [-0.3, -0.25) is 15.0 Å². The third-order valence-corrected chi connectivity index (χ3v) is 2.27. The SMILES string of the molecule is CCCCNNC(=O)C(C)(OCCOC)OC(C)=O. The lowest BCUT2D eigenvalue weighted by atomic mass is 10.3. The molecule has 2 N–H and O–H groups in total. The molecule has 7 heteroatoms.